The van der Waals surface area contributed by atoms with E-state index in [4.69, 9.17) is 25.1 Å². The summed E-state index contributed by atoms with van der Waals surface area (Å²) in [7, 11) is 0. The van der Waals surface area contributed by atoms with Gasteiger partial charge in [-0.3, -0.25) is 19.2 Å². The first-order valence-corrected chi connectivity index (χ1v) is 21.1. The lowest BCUT2D eigenvalue weighted by atomic mass is 9.84. The predicted molar refractivity (Wildman–Crippen MR) is 254 cm³/mol. The van der Waals surface area contributed by atoms with Gasteiger partial charge in [-0.25, -0.2) is 4.98 Å². The zero-order valence-corrected chi connectivity index (χ0v) is 38.8. The molecule has 1 aliphatic rings. The normalized spacial score (nSPS) is 10.9. The fraction of sp³-hybridized carbons (Fsp3) is 0.0652. The molecule has 0 spiro atoms. The molecule has 8 N–H and O–H groups in total. The molecule has 61 heavy (non-hydrogen) atoms. The van der Waals surface area contributed by atoms with Gasteiger partial charge in [0.25, 0.3) is 5.97 Å². The molecule has 1 aliphatic carbocycles. The molecule has 312 valence electrons. The van der Waals surface area contributed by atoms with Crippen molar-refractivity contribution >= 4 is 120 Å². The second kappa shape index (κ2) is 21.8. The van der Waals surface area contributed by atoms with Crippen LogP contribution >= 0.6 is 63.7 Å². The maximum Gasteiger partial charge on any atom is 0.300 e. The summed E-state index contributed by atoms with van der Waals surface area (Å²) >= 11 is 13.8. The van der Waals surface area contributed by atoms with Gasteiger partial charge in [0, 0.05) is 53.3 Å². The molecular formula is C46H37Br4N3O8. The van der Waals surface area contributed by atoms with Gasteiger partial charge >= 0.3 is 0 Å². The van der Waals surface area contributed by atoms with Crippen LogP contribution in [0.2, 0.25) is 0 Å². The van der Waals surface area contributed by atoms with E-state index in [0.717, 1.165) is 68.5 Å². The molecule has 0 saturated carbocycles. The summed E-state index contributed by atoms with van der Waals surface area (Å²) in [6.45, 7) is 3.01. The monoisotopic (exact) mass is 1070 g/mol. The SMILES string of the molecule is CC(=O)O.CCO.N.O=C1C(=O)c2cc(Br)ccc2-c2ccc(Br)cc21.O=Cc1ccccc1O.Oc1ccccc1-c1nc2c3cc(Br)ccc3c3ccc(Br)cc3c2[nH]1. The minimum Gasteiger partial charge on any atom is -0.507 e. The number of imidazole rings is 1. The van der Waals surface area contributed by atoms with Crippen LogP contribution in [0.5, 0.6) is 11.5 Å². The number of aromatic amines is 1. The molecule has 0 fully saturated rings. The Labute approximate surface area is 383 Å². The van der Waals surface area contributed by atoms with Gasteiger partial charge in [-0.1, -0.05) is 112 Å². The number of aldehydes is 1. The number of nitrogens with one attached hydrogen (secondary N) is 1. The number of phenols is 2. The van der Waals surface area contributed by atoms with Crippen molar-refractivity contribution in [3.05, 3.63) is 156 Å². The Kier molecular flexibility index (Phi) is 17.2. The van der Waals surface area contributed by atoms with Crippen LogP contribution in [0.25, 0.3) is 55.1 Å². The molecule has 0 unspecified atom stereocenters. The van der Waals surface area contributed by atoms with Crippen LogP contribution in [0.3, 0.4) is 0 Å². The van der Waals surface area contributed by atoms with Gasteiger partial charge in [-0.05, 0) is 102 Å². The smallest absolute Gasteiger partial charge is 0.300 e. The van der Waals surface area contributed by atoms with Crippen molar-refractivity contribution in [3.63, 3.8) is 0 Å². The number of aliphatic hydroxyl groups excluding tert-OH is 1. The summed E-state index contributed by atoms with van der Waals surface area (Å²) in [5, 5.41) is 38.6. The molecule has 1 heterocycles. The van der Waals surface area contributed by atoms with Crippen molar-refractivity contribution in [3.8, 4) is 34.0 Å². The molecule has 15 heteroatoms. The van der Waals surface area contributed by atoms with Gasteiger partial charge in [-0.2, -0.15) is 0 Å². The third-order valence-corrected chi connectivity index (χ3v) is 10.6. The maximum atomic E-state index is 12.1. The second-order valence-corrected chi connectivity index (χ2v) is 16.4. The number of halogens is 4. The van der Waals surface area contributed by atoms with Gasteiger partial charge in [0.15, 0.2) is 6.29 Å². The summed E-state index contributed by atoms with van der Waals surface area (Å²) < 4.78 is 3.61. The number of phenolic OH excluding ortho intramolecular Hbond substituents is 2. The molecule has 0 bridgehead atoms. The van der Waals surface area contributed by atoms with Gasteiger partial charge in [0.1, 0.15) is 17.3 Å². The predicted octanol–water partition coefficient (Wildman–Crippen LogP) is 12.5. The van der Waals surface area contributed by atoms with E-state index < -0.39 is 17.5 Å². The van der Waals surface area contributed by atoms with Gasteiger partial charge in [0.05, 0.1) is 22.2 Å². The zero-order valence-electron chi connectivity index (χ0n) is 32.4. The topological polar surface area (TPSA) is 213 Å². The molecule has 8 aromatic rings. The number of aliphatic hydroxyl groups is 1. The van der Waals surface area contributed by atoms with Crippen LogP contribution < -0.4 is 6.15 Å². The average molecular weight is 1080 g/mol. The van der Waals surface area contributed by atoms with Crippen molar-refractivity contribution in [2.24, 2.45) is 0 Å². The molecule has 7 aromatic carbocycles. The Morgan fingerprint density at radius 3 is 1.52 bits per heavy atom. The number of rotatable bonds is 2. The Morgan fingerprint density at radius 2 is 1.05 bits per heavy atom. The molecule has 0 radical (unpaired) electrons. The van der Waals surface area contributed by atoms with E-state index in [1.165, 1.54) is 6.07 Å². The average Bonchev–Trinajstić information content (AvgIpc) is 3.67. The Bertz CT molecular complexity index is 2770. The van der Waals surface area contributed by atoms with Gasteiger partial charge in [0.2, 0.25) is 11.6 Å². The third kappa shape index (κ3) is 11.4. The van der Waals surface area contributed by atoms with E-state index in [9.17, 15) is 19.5 Å². The minimum absolute atomic E-state index is 0. The number of carbonyl (C=O) groups excluding carboxylic acids is 3. The summed E-state index contributed by atoms with van der Waals surface area (Å²) in [4.78, 5) is 51.4. The lowest BCUT2D eigenvalue weighted by molar-refractivity contribution is -0.134. The van der Waals surface area contributed by atoms with E-state index in [2.05, 4.69) is 99.0 Å². The fourth-order valence-corrected chi connectivity index (χ4v) is 7.62. The fourth-order valence-electron chi connectivity index (χ4n) is 6.18. The lowest BCUT2D eigenvalue weighted by Crippen LogP contribution is -2.21. The number of hydrogen-bond acceptors (Lipinski definition) is 9. The lowest BCUT2D eigenvalue weighted by Gasteiger charge is -2.18. The zero-order chi connectivity index (χ0) is 43.7. The number of nitrogens with zero attached hydrogens (tertiary/aromatic N) is 1. The van der Waals surface area contributed by atoms with Crippen LogP contribution in [-0.4, -0.2) is 60.8 Å². The first-order chi connectivity index (χ1) is 28.7. The number of ketones is 2. The Morgan fingerprint density at radius 1 is 0.623 bits per heavy atom. The molecule has 1 aromatic heterocycles. The number of H-pyrrole nitrogens is 1. The van der Waals surface area contributed by atoms with E-state index in [-0.39, 0.29) is 24.3 Å². The van der Waals surface area contributed by atoms with Crippen molar-refractivity contribution in [1.29, 1.82) is 0 Å². The first-order valence-electron chi connectivity index (χ1n) is 17.9. The van der Waals surface area contributed by atoms with Crippen LogP contribution in [0.15, 0.2) is 139 Å². The number of hydrogen-bond donors (Lipinski definition) is 6. The van der Waals surface area contributed by atoms with E-state index in [1.54, 1.807) is 49.4 Å². The summed E-state index contributed by atoms with van der Waals surface area (Å²) in [5.74, 6) is -0.823. The number of fused-ring (bicyclic) bond motifs is 9. The molecule has 0 atom stereocenters. The first kappa shape index (κ1) is 48.1. The second-order valence-electron chi connectivity index (χ2n) is 12.8. The number of para-hydroxylation sites is 2. The molecule has 11 nitrogen and oxygen atoms in total. The van der Waals surface area contributed by atoms with E-state index >= 15 is 0 Å². The highest BCUT2D eigenvalue weighted by Crippen LogP contribution is 2.39. The number of benzene rings is 7. The van der Waals surface area contributed by atoms with Crippen LogP contribution in [0.4, 0.5) is 0 Å². The summed E-state index contributed by atoms with van der Waals surface area (Å²) in [6, 6.07) is 37.0. The quantitative estimate of drug-likeness (QED) is 0.0547. The van der Waals surface area contributed by atoms with Crippen molar-refractivity contribution in [2.45, 2.75) is 13.8 Å². The van der Waals surface area contributed by atoms with Gasteiger partial charge in [-0.15, -0.1) is 0 Å². The highest BCUT2D eigenvalue weighted by Gasteiger charge is 2.30. The number of aromatic hydroxyl groups is 2. The summed E-state index contributed by atoms with van der Waals surface area (Å²) in [5.41, 5.74) is 5.42. The number of aliphatic carboxylic acids is 1. The number of Topliss-reactive ketones (excluding diaryl/α,β-unsaturated/α-hetero) is 2. The van der Waals surface area contributed by atoms with Crippen LogP contribution in [-0.2, 0) is 4.79 Å². The number of carboxylic acid groups (broad SMARTS) is 1. The molecule has 0 saturated heterocycles. The van der Waals surface area contributed by atoms with Crippen molar-refractivity contribution < 1.29 is 39.6 Å². The van der Waals surface area contributed by atoms with Crippen molar-refractivity contribution in [1.82, 2.24) is 16.1 Å². The highest BCUT2D eigenvalue weighted by molar-refractivity contribution is 9.11. The molecule has 9 rings (SSSR count). The molecule has 0 amide bonds. The number of carbonyl (C=O) groups is 4. The van der Waals surface area contributed by atoms with Crippen LogP contribution in [0.1, 0.15) is 44.9 Å². The maximum absolute atomic E-state index is 12.1. The van der Waals surface area contributed by atoms with Crippen molar-refractivity contribution in [2.75, 3.05) is 6.61 Å². The van der Waals surface area contributed by atoms with Gasteiger partial charge < -0.3 is 31.6 Å². The highest BCUT2D eigenvalue weighted by atomic mass is 79.9. The van der Waals surface area contributed by atoms with E-state index in [0.29, 0.717) is 34.4 Å². The third-order valence-electron chi connectivity index (χ3n) is 8.65. The van der Waals surface area contributed by atoms with Crippen LogP contribution in [0, 0.1) is 0 Å². The number of aromatic nitrogens is 2. The number of carboxylic acids is 1. The standard InChI is InChI=1S/C21H12Br2N2O.C14H6Br2O2.C7H6O2.C2H4O2.C2H6O.H3N/c22-11-5-7-13-14-8-6-12(23)10-17(14)20-19(16(13)9-11)24-21(25-20)15-3-1-2-4-18(15)26;15-7-1-3-9-10-4-2-8(16)6-12(10)14(18)13(17)11(9)5-7;8-5-6-3-1-2-4-7(6)9;1-2(3)4;1-2-3;/h1-10,26H,(H,24,25);1-6H;1-5,9H;1H3,(H,3,4);3H,2H2,1H3;1H3. The Balaban J connectivity index is 0.000000203. The largest absolute Gasteiger partial charge is 0.507 e. The summed E-state index contributed by atoms with van der Waals surface area (Å²) in [6.07, 6.45) is 0.620. The Hall–Kier alpha value is -5.55. The molecule has 0 aliphatic heterocycles. The minimum atomic E-state index is -0.833. The van der Waals surface area contributed by atoms with E-state index in [1.807, 2.05) is 42.5 Å². The molecular weight excluding hydrogens is 1040 g/mol.